The van der Waals surface area contributed by atoms with Crippen molar-refractivity contribution < 1.29 is 14.3 Å². The number of amides is 1. The number of methoxy groups -OCH3 is 1. The van der Waals surface area contributed by atoms with Crippen LogP contribution in [-0.4, -0.2) is 46.8 Å². The van der Waals surface area contributed by atoms with E-state index in [4.69, 9.17) is 4.74 Å². The van der Waals surface area contributed by atoms with Crippen LogP contribution < -0.4 is 0 Å². The summed E-state index contributed by atoms with van der Waals surface area (Å²) in [6, 6.07) is 0. The third-order valence-corrected chi connectivity index (χ3v) is 3.73. The van der Waals surface area contributed by atoms with Gasteiger partial charge in [-0.1, -0.05) is 0 Å². The van der Waals surface area contributed by atoms with Crippen LogP contribution in [0.5, 0.6) is 0 Å². The van der Waals surface area contributed by atoms with Gasteiger partial charge in [0, 0.05) is 25.8 Å². The van der Waals surface area contributed by atoms with Gasteiger partial charge in [0.25, 0.3) is 5.91 Å². The van der Waals surface area contributed by atoms with Crippen molar-refractivity contribution in [2.75, 3.05) is 20.2 Å². The fourth-order valence-corrected chi connectivity index (χ4v) is 2.55. The fourth-order valence-electron chi connectivity index (χ4n) is 2.55. The number of ether oxygens (including phenoxy) is 1. The molecule has 1 atom stereocenters. The number of aromatic nitrogens is 2. The van der Waals surface area contributed by atoms with Crippen LogP contribution in [-0.2, 0) is 16.6 Å². The lowest BCUT2D eigenvalue weighted by Crippen LogP contribution is -2.31. The van der Waals surface area contributed by atoms with Gasteiger partial charge in [0.1, 0.15) is 0 Å². The van der Waals surface area contributed by atoms with Crippen LogP contribution >= 0.6 is 0 Å². The van der Waals surface area contributed by atoms with Gasteiger partial charge >= 0.3 is 5.97 Å². The van der Waals surface area contributed by atoms with Crippen molar-refractivity contribution in [1.29, 1.82) is 0 Å². The van der Waals surface area contributed by atoms with Crippen LogP contribution in [0.4, 0.5) is 0 Å². The van der Waals surface area contributed by atoms with Crippen molar-refractivity contribution in [2.45, 2.75) is 20.3 Å². The number of esters is 1. The molecule has 19 heavy (non-hydrogen) atoms. The van der Waals surface area contributed by atoms with Gasteiger partial charge in [-0.05, 0) is 20.3 Å². The van der Waals surface area contributed by atoms with Gasteiger partial charge in [0.15, 0.2) is 0 Å². The predicted octanol–water partition coefficient (Wildman–Crippen LogP) is 0.672. The van der Waals surface area contributed by atoms with Crippen molar-refractivity contribution in [3.63, 3.8) is 0 Å². The van der Waals surface area contributed by atoms with E-state index in [1.165, 1.54) is 7.11 Å². The minimum atomic E-state index is -0.241. The second-order valence-corrected chi connectivity index (χ2v) is 4.93. The SMILES string of the molecule is COC(=O)C1CCN(C(=O)c2c(C)nn(C)c2C)C1. The molecule has 6 heteroatoms. The molecule has 6 nitrogen and oxygen atoms in total. The van der Waals surface area contributed by atoms with Crippen molar-refractivity contribution >= 4 is 11.9 Å². The van der Waals surface area contributed by atoms with E-state index in [1.54, 1.807) is 9.58 Å². The van der Waals surface area contributed by atoms with E-state index < -0.39 is 0 Å². The molecule has 0 aliphatic carbocycles. The van der Waals surface area contributed by atoms with Crippen LogP contribution in [0.3, 0.4) is 0 Å². The Hall–Kier alpha value is -1.85. The number of carbonyl (C=O) groups is 2. The first kappa shape index (κ1) is 13.6. The molecule has 1 amide bonds. The minimum Gasteiger partial charge on any atom is -0.469 e. The molecule has 1 aromatic heterocycles. The molecule has 0 bridgehead atoms. The van der Waals surface area contributed by atoms with Crippen LogP contribution in [0.1, 0.15) is 28.2 Å². The van der Waals surface area contributed by atoms with Crippen molar-refractivity contribution in [2.24, 2.45) is 13.0 Å². The Labute approximate surface area is 112 Å². The first-order valence-corrected chi connectivity index (χ1v) is 6.33. The number of aryl methyl sites for hydroxylation is 2. The van der Waals surface area contributed by atoms with Crippen molar-refractivity contribution in [1.82, 2.24) is 14.7 Å². The van der Waals surface area contributed by atoms with Gasteiger partial charge in [-0.15, -0.1) is 0 Å². The number of rotatable bonds is 2. The molecule has 2 rings (SSSR count). The number of hydrogen-bond donors (Lipinski definition) is 0. The monoisotopic (exact) mass is 265 g/mol. The molecule has 1 aromatic rings. The van der Waals surface area contributed by atoms with Gasteiger partial charge < -0.3 is 9.64 Å². The summed E-state index contributed by atoms with van der Waals surface area (Å²) in [7, 11) is 3.20. The molecule has 1 aliphatic heterocycles. The minimum absolute atomic E-state index is 0.0468. The third-order valence-electron chi connectivity index (χ3n) is 3.73. The number of nitrogens with zero attached hydrogens (tertiary/aromatic N) is 3. The average molecular weight is 265 g/mol. The molecule has 1 unspecified atom stereocenters. The average Bonchev–Trinajstić information content (AvgIpc) is 2.95. The summed E-state index contributed by atoms with van der Waals surface area (Å²) in [5.74, 6) is -0.490. The van der Waals surface area contributed by atoms with Gasteiger partial charge in [-0.25, -0.2) is 0 Å². The highest BCUT2D eigenvalue weighted by atomic mass is 16.5. The van der Waals surface area contributed by atoms with Crippen LogP contribution in [0.2, 0.25) is 0 Å². The Morgan fingerprint density at radius 2 is 2.05 bits per heavy atom. The molecule has 0 spiro atoms. The molecular weight excluding hydrogens is 246 g/mol. The standard InChI is InChI=1S/C13H19N3O3/c1-8-11(9(2)15(3)14-8)12(17)16-6-5-10(7-16)13(18)19-4/h10H,5-7H2,1-4H3. The predicted molar refractivity (Wildman–Crippen MR) is 68.7 cm³/mol. The number of likely N-dealkylation sites (tertiary alicyclic amines) is 1. The second-order valence-electron chi connectivity index (χ2n) is 4.93. The smallest absolute Gasteiger partial charge is 0.310 e. The van der Waals surface area contributed by atoms with Gasteiger partial charge in [-0.2, -0.15) is 5.10 Å². The van der Waals surface area contributed by atoms with Crippen molar-refractivity contribution in [3.8, 4) is 0 Å². The summed E-state index contributed by atoms with van der Waals surface area (Å²) in [4.78, 5) is 25.7. The second kappa shape index (κ2) is 5.03. The summed E-state index contributed by atoms with van der Waals surface area (Å²) in [6.07, 6.45) is 0.663. The summed E-state index contributed by atoms with van der Waals surface area (Å²) >= 11 is 0. The highest BCUT2D eigenvalue weighted by Crippen LogP contribution is 2.22. The zero-order valence-electron chi connectivity index (χ0n) is 11.8. The van der Waals surface area contributed by atoms with E-state index in [1.807, 2.05) is 20.9 Å². The summed E-state index contributed by atoms with van der Waals surface area (Å²) in [5, 5.41) is 4.25. The Balaban J connectivity index is 2.16. The van der Waals surface area contributed by atoms with E-state index in [9.17, 15) is 9.59 Å². The van der Waals surface area contributed by atoms with Crippen LogP contribution in [0, 0.1) is 19.8 Å². The fraction of sp³-hybridized carbons (Fsp3) is 0.615. The molecule has 0 saturated carbocycles. The maximum Gasteiger partial charge on any atom is 0.310 e. The summed E-state index contributed by atoms with van der Waals surface area (Å²) < 4.78 is 6.43. The zero-order valence-corrected chi connectivity index (χ0v) is 11.8. The van der Waals surface area contributed by atoms with Gasteiger partial charge in [0.05, 0.1) is 24.3 Å². The molecule has 1 fully saturated rings. The van der Waals surface area contributed by atoms with E-state index in [0.29, 0.717) is 25.1 Å². The molecule has 0 N–H and O–H groups in total. The Kier molecular flexibility index (Phi) is 3.59. The van der Waals surface area contributed by atoms with E-state index >= 15 is 0 Å². The number of hydrogen-bond acceptors (Lipinski definition) is 4. The molecular formula is C13H19N3O3. The lowest BCUT2D eigenvalue weighted by Gasteiger charge is -2.16. The van der Waals surface area contributed by atoms with Crippen LogP contribution in [0.15, 0.2) is 0 Å². The lowest BCUT2D eigenvalue weighted by molar-refractivity contribution is -0.144. The molecule has 104 valence electrons. The summed E-state index contributed by atoms with van der Waals surface area (Å²) in [5.41, 5.74) is 2.23. The summed E-state index contributed by atoms with van der Waals surface area (Å²) in [6.45, 7) is 4.72. The molecule has 0 aromatic carbocycles. The van der Waals surface area contributed by atoms with Crippen LogP contribution in [0.25, 0.3) is 0 Å². The number of carbonyl (C=O) groups excluding carboxylic acids is 2. The first-order chi connectivity index (χ1) is 8.95. The first-order valence-electron chi connectivity index (χ1n) is 6.33. The van der Waals surface area contributed by atoms with Crippen molar-refractivity contribution in [3.05, 3.63) is 17.0 Å². The normalized spacial score (nSPS) is 18.7. The van der Waals surface area contributed by atoms with E-state index in [2.05, 4.69) is 5.10 Å². The van der Waals surface area contributed by atoms with Gasteiger partial charge in [0.2, 0.25) is 0 Å². The molecule has 2 heterocycles. The maximum atomic E-state index is 12.5. The zero-order chi connectivity index (χ0) is 14.2. The third kappa shape index (κ3) is 2.34. The lowest BCUT2D eigenvalue weighted by atomic mass is 10.1. The molecule has 0 radical (unpaired) electrons. The topological polar surface area (TPSA) is 64.4 Å². The van der Waals surface area contributed by atoms with E-state index in [-0.39, 0.29) is 17.8 Å². The molecule has 1 aliphatic rings. The maximum absolute atomic E-state index is 12.5. The largest absolute Gasteiger partial charge is 0.469 e. The Bertz CT molecular complexity index is 521. The Morgan fingerprint density at radius 3 is 2.58 bits per heavy atom. The molecule has 1 saturated heterocycles. The quantitative estimate of drug-likeness (QED) is 0.737. The van der Waals surface area contributed by atoms with E-state index in [0.717, 1.165) is 11.4 Å². The van der Waals surface area contributed by atoms with Gasteiger partial charge in [-0.3, -0.25) is 14.3 Å². The highest BCUT2D eigenvalue weighted by Gasteiger charge is 2.33. The Morgan fingerprint density at radius 1 is 1.37 bits per heavy atom. The highest BCUT2D eigenvalue weighted by molar-refractivity contribution is 5.97.